The first-order valence-corrected chi connectivity index (χ1v) is 8.93. The third-order valence-electron chi connectivity index (χ3n) is 5.05. The minimum atomic E-state index is 0.436. The number of ether oxygens (including phenoxy) is 2. The van der Waals surface area contributed by atoms with E-state index in [1.807, 2.05) is 0 Å². The molecule has 3 nitrogen and oxygen atoms in total. The molecule has 0 aromatic carbocycles. The molecule has 2 aliphatic rings. The van der Waals surface area contributed by atoms with Crippen molar-refractivity contribution in [3.8, 4) is 0 Å². The highest BCUT2D eigenvalue weighted by molar-refractivity contribution is 4.85. The molecular weight excluding hydrogens is 262 g/mol. The van der Waals surface area contributed by atoms with Crippen LogP contribution in [0.2, 0.25) is 0 Å². The lowest BCUT2D eigenvalue weighted by molar-refractivity contribution is -0.0363. The molecule has 3 heteroatoms. The summed E-state index contributed by atoms with van der Waals surface area (Å²) in [4.78, 5) is 0. The Kier molecular flexibility index (Phi) is 6.51. The quantitative estimate of drug-likeness (QED) is 0.778. The summed E-state index contributed by atoms with van der Waals surface area (Å²) in [6, 6.07) is 0.466. The van der Waals surface area contributed by atoms with Gasteiger partial charge < -0.3 is 14.8 Å². The van der Waals surface area contributed by atoms with Gasteiger partial charge >= 0.3 is 0 Å². The molecule has 0 bridgehead atoms. The Morgan fingerprint density at radius 1 is 1.33 bits per heavy atom. The molecule has 0 radical (unpaired) electrons. The van der Waals surface area contributed by atoms with Gasteiger partial charge in [0.2, 0.25) is 0 Å². The number of nitrogens with one attached hydrogen (secondary N) is 1. The molecule has 2 fully saturated rings. The second-order valence-electron chi connectivity index (χ2n) is 8.05. The van der Waals surface area contributed by atoms with E-state index in [9.17, 15) is 0 Å². The van der Waals surface area contributed by atoms with Gasteiger partial charge in [-0.1, -0.05) is 27.7 Å². The molecule has 1 N–H and O–H groups in total. The van der Waals surface area contributed by atoms with Crippen molar-refractivity contribution in [2.24, 2.45) is 17.3 Å². The van der Waals surface area contributed by atoms with Crippen molar-refractivity contribution in [1.29, 1.82) is 0 Å². The average molecular weight is 297 g/mol. The van der Waals surface area contributed by atoms with Crippen LogP contribution in [-0.4, -0.2) is 38.5 Å². The Morgan fingerprint density at radius 3 is 2.76 bits per heavy atom. The molecule has 1 aliphatic carbocycles. The summed E-state index contributed by atoms with van der Waals surface area (Å²) >= 11 is 0. The highest BCUT2D eigenvalue weighted by Crippen LogP contribution is 2.39. The maximum absolute atomic E-state index is 6.34. The summed E-state index contributed by atoms with van der Waals surface area (Å²) in [6.07, 6.45) is 6.57. The fourth-order valence-electron chi connectivity index (χ4n) is 4.19. The van der Waals surface area contributed by atoms with E-state index in [0.717, 1.165) is 32.3 Å². The second-order valence-corrected chi connectivity index (χ2v) is 8.05. The Labute approximate surface area is 131 Å². The molecule has 0 spiro atoms. The fourth-order valence-corrected chi connectivity index (χ4v) is 4.19. The first kappa shape index (κ1) is 17.2. The van der Waals surface area contributed by atoms with Gasteiger partial charge in [0, 0.05) is 18.6 Å². The van der Waals surface area contributed by atoms with E-state index >= 15 is 0 Å². The smallest absolute Gasteiger partial charge is 0.0626 e. The van der Waals surface area contributed by atoms with Crippen molar-refractivity contribution < 1.29 is 9.47 Å². The van der Waals surface area contributed by atoms with E-state index in [4.69, 9.17) is 9.47 Å². The largest absolute Gasteiger partial charge is 0.381 e. The molecule has 2 rings (SSSR count). The lowest BCUT2D eigenvalue weighted by Gasteiger charge is -2.39. The van der Waals surface area contributed by atoms with Crippen molar-refractivity contribution in [2.75, 3.05) is 26.4 Å². The van der Waals surface area contributed by atoms with Gasteiger partial charge in [0.1, 0.15) is 0 Å². The van der Waals surface area contributed by atoms with Crippen LogP contribution in [0.5, 0.6) is 0 Å². The van der Waals surface area contributed by atoms with Gasteiger partial charge in [-0.3, -0.25) is 0 Å². The maximum atomic E-state index is 6.34. The third kappa shape index (κ3) is 5.54. The molecule has 124 valence electrons. The molecule has 21 heavy (non-hydrogen) atoms. The monoisotopic (exact) mass is 297 g/mol. The second kappa shape index (κ2) is 7.94. The summed E-state index contributed by atoms with van der Waals surface area (Å²) in [5.74, 6) is 1.42. The zero-order chi connectivity index (χ0) is 15.3. The maximum Gasteiger partial charge on any atom is 0.0626 e. The summed E-state index contributed by atoms with van der Waals surface area (Å²) in [5.41, 5.74) is 0.436. The minimum absolute atomic E-state index is 0.436. The SMILES string of the molecule is CCCNC(COC1CC(C)CC(C)(C)C1)C1CCOC1. The lowest BCUT2D eigenvalue weighted by Crippen LogP contribution is -2.43. The zero-order valence-electron chi connectivity index (χ0n) is 14.5. The molecule has 1 saturated carbocycles. The number of hydrogen-bond acceptors (Lipinski definition) is 3. The van der Waals surface area contributed by atoms with E-state index in [1.54, 1.807) is 0 Å². The van der Waals surface area contributed by atoms with Gasteiger partial charge in [-0.05, 0) is 50.0 Å². The first-order chi connectivity index (χ1) is 10.00. The van der Waals surface area contributed by atoms with Gasteiger partial charge in [-0.15, -0.1) is 0 Å². The van der Waals surface area contributed by atoms with Gasteiger partial charge in [0.25, 0.3) is 0 Å². The molecule has 4 atom stereocenters. The van der Waals surface area contributed by atoms with E-state index in [-0.39, 0.29) is 0 Å². The Balaban J connectivity index is 1.82. The van der Waals surface area contributed by atoms with Crippen LogP contribution in [0.15, 0.2) is 0 Å². The Hall–Kier alpha value is -0.120. The van der Waals surface area contributed by atoms with E-state index in [0.29, 0.717) is 23.5 Å². The van der Waals surface area contributed by atoms with Crippen LogP contribution in [-0.2, 0) is 9.47 Å². The van der Waals surface area contributed by atoms with Crippen molar-refractivity contribution in [3.05, 3.63) is 0 Å². The minimum Gasteiger partial charge on any atom is -0.381 e. The predicted octanol–water partition coefficient (Wildman–Crippen LogP) is 3.62. The van der Waals surface area contributed by atoms with Crippen LogP contribution in [0, 0.1) is 17.3 Å². The topological polar surface area (TPSA) is 30.5 Å². The van der Waals surface area contributed by atoms with Crippen molar-refractivity contribution in [2.45, 2.75) is 71.9 Å². The van der Waals surface area contributed by atoms with Gasteiger partial charge in [0.15, 0.2) is 0 Å². The standard InChI is InChI=1S/C18H35NO2/c1-5-7-19-17(15-6-8-20-12-15)13-21-16-9-14(2)10-18(3,4)11-16/h14-17,19H,5-13H2,1-4H3. The summed E-state index contributed by atoms with van der Waals surface area (Å²) in [7, 11) is 0. The molecule has 0 aromatic rings. The highest BCUT2D eigenvalue weighted by atomic mass is 16.5. The normalized spacial score (nSPS) is 34.0. The predicted molar refractivity (Wildman–Crippen MR) is 87.5 cm³/mol. The molecule has 0 amide bonds. The van der Waals surface area contributed by atoms with Crippen LogP contribution < -0.4 is 5.32 Å². The zero-order valence-corrected chi connectivity index (χ0v) is 14.5. The third-order valence-corrected chi connectivity index (χ3v) is 5.05. The number of hydrogen-bond donors (Lipinski definition) is 1. The molecular formula is C18H35NO2. The van der Waals surface area contributed by atoms with Crippen LogP contribution >= 0.6 is 0 Å². The van der Waals surface area contributed by atoms with E-state index in [1.165, 1.54) is 32.1 Å². The molecule has 1 heterocycles. The highest BCUT2D eigenvalue weighted by Gasteiger charge is 2.33. The van der Waals surface area contributed by atoms with Gasteiger partial charge in [-0.2, -0.15) is 0 Å². The first-order valence-electron chi connectivity index (χ1n) is 8.93. The van der Waals surface area contributed by atoms with Gasteiger partial charge in [0.05, 0.1) is 19.3 Å². The summed E-state index contributed by atoms with van der Waals surface area (Å²) in [6.45, 7) is 13.1. The Bertz CT molecular complexity index is 300. The Morgan fingerprint density at radius 2 is 2.14 bits per heavy atom. The van der Waals surface area contributed by atoms with Crippen LogP contribution in [0.3, 0.4) is 0 Å². The molecule has 1 aliphatic heterocycles. The van der Waals surface area contributed by atoms with Crippen molar-refractivity contribution in [1.82, 2.24) is 5.32 Å². The molecule has 1 saturated heterocycles. The van der Waals surface area contributed by atoms with Gasteiger partial charge in [-0.25, -0.2) is 0 Å². The van der Waals surface area contributed by atoms with E-state index in [2.05, 4.69) is 33.0 Å². The average Bonchev–Trinajstić information content (AvgIpc) is 2.90. The lowest BCUT2D eigenvalue weighted by atomic mass is 9.71. The van der Waals surface area contributed by atoms with Crippen LogP contribution in [0.4, 0.5) is 0 Å². The van der Waals surface area contributed by atoms with Crippen molar-refractivity contribution in [3.63, 3.8) is 0 Å². The molecule has 4 unspecified atom stereocenters. The fraction of sp³-hybridized carbons (Fsp3) is 1.00. The van der Waals surface area contributed by atoms with Crippen molar-refractivity contribution >= 4 is 0 Å². The van der Waals surface area contributed by atoms with E-state index < -0.39 is 0 Å². The summed E-state index contributed by atoms with van der Waals surface area (Å²) in [5, 5.41) is 3.68. The molecule has 0 aromatic heterocycles. The van der Waals surface area contributed by atoms with Crippen LogP contribution in [0.25, 0.3) is 0 Å². The van der Waals surface area contributed by atoms with Crippen LogP contribution in [0.1, 0.15) is 59.8 Å². The summed E-state index contributed by atoms with van der Waals surface area (Å²) < 4.78 is 11.9. The number of rotatable bonds is 7.